The molecule has 0 aliphatic carbocycles. The number of nitrogens with zero attached hydrogens (tertiary/aromatic N) is 1. The van der Waals surface area contributed by atoms with Gasteiger partial charge in [0.2, 0.25) is 0 Å². The van der Waals surface area contributed by atoms with Gasteiger partial charge in [-0.1, -0.05) is 123 Å². The predicted molar refractivity (Wildman–Crippen MR) is 138 cm³/mol. The number of aromatic amines is 1. The maximum Gasteiger partial charge on any atom is 0.275 e. The van der Waals surface area contributed by atoms with E-state index in [1.807, 2.05) is 11.6 Å². The fourth-order valence-electron chi connectivity index (χ4n) is 4.59. The first-order valence-electron chi connectivity index (χ1n) is 13.9. The monoisotopic (exact) mass is 448 g/mol. The van der Waals surface area contributed by atoms with Crippen molar-refractivity contribution in [1.29, 1.82) is 0 Å². The molecule has 4 nitrogen and oxygen atoms in total. The Bertz CT molecular complexity index is 644. The lowest BCUT2D eigenvalue weighted by atomic mass is 10.0. The van der Waals surface area contributed by atoms with E-state index in [-0.39, 0.29) is 11.3 Å². The van der Waals surface area contributed by atoms with Gasteiger partial charge >= 0.3 is 0 Å². The number of H-pyrrole nitrogens is 1. The third-order valence-corrected chi connectivity index (χ3v) is 6.75. The summed E-state index contributed by atoms with van der Waals surface area (Å²) in [6.45, 7) is 7.23. The Hall–Kier alpha value is -1.32. The first-order valence-corrected chi connectivity index (χ1v) is 13.9. The molecule has 1 heterocycles. The molecule has 1 rings (SSSR count). The van der Waals surface area contributed by atoms with Gasteiger partial charge < -0.3 is 0 Å². The molecule has 1 aromatic heterocycles. The number of hydrogen-bond acceptors (Lipinski definition) is 2. The molecule has 0 aliphatic rings. The second kappa shape index (κ2) is 19.2. The molecule has 1 N–H and O–H groups in total. The number of nitrogens with one attached hydrogen (secondary N) is 1. The number of aromatic nitrogens is 2. The molecule has 32 heavy (non-hydrogen) atoms. The molecule has 0 bridgehead atoms. The van der Waals surface area contributed by atoms with Gasteiger partial charge in [-0.3, -0.25) is 19.4 Å². The molecule has 4 heteroatoms. The fourth-order valence-corrected chi connectivity index (χ4v) is 4.59. The van der Waals surface area contributed by atoms with Crippen molar-refractivity contribution in [2.75, 3.05) is 0 Å². The van der Waals surface area contributed by atoms with Crippen molar-refractivity contribution >= 4 is 5.78 Å². The zero-order valence-electron chi connectivity index (χ0n) is 21.6. The average molecular weight is 449 g/mol. The zero-order valence-corrected chi connectivity index (χ0v) is 21.6. The van der Waals surface area contributed by atoms with Gasteiger partial charge in [-0.2, -0.15) is 0 Å². The molecule has 0 saturated heterocycles. The maximum atomic E-state index is 12.6. The Morgan fingerprint density at radius 3 is 1.53 bits per heavy atom. The highest BCUT2D eigenvalue weighted by Gasteiger charge is 2.17. The van der Waals surface area contributed by atoms with Gasteiger partial charge in [0.25, 0.3) is 5.56 Å². The van der Waals surface area contributed by atoms with Crippen LogP contribution in [0.3, 0.4) is 0 Å². The van der Waals surface area contributed by atoms with Crippen LogP contribution in [0.25, 0.3) is 0 Å². The number of aryl methyl sites for hydroxylation is 1. The number of hydrogen-bond donors (Lipinski definition) is 1. The Labute approximate surface area is 197 Å². The molecule has 0 fully saturated rings. The molecular formula is C28H52N2O2. The summed E-state index contributed by atoms with van der Waals surface area (Å²) in [5.41, 5.74) is 1.03. The van der Waals surface area contributed by atoms with E-state index in [1.54, 1.807) is 0 Å². The highest BCUT2D eigenvalue weighted by molar-refractivity contribution is 5.96. The summed E-state index contributed by atoms with van der Waals surface area (Å²) in [5, 5.41) is 2.90. The van der Waals surface area contributed by atoms with Crippen LogP contribution in [-0.4, -0.2) is 15.6 Å². The van der Waals surface area contributed by atoms with Crippen LogP contribution in [-0.2, 0) is 6.54 Å². The smallest absolute Gasteiger partial charge is 0.275 e. The van der Waals surface area contributed by atoms with E-state index in [2.05, 4.69) is 18.9 Å². The molecule has 0 atom stereocenters. The standard InChI is InChI=1S/C28H52N2O2/c1-4-6-8-10-12-14-16-18-20-22-24-30-25(3)27(28(32)29-30)26(31)23-21-19-17-15-13-11-9-7-5-2/h4-24H2,1-3H3,(H,29,32). The number of rotatable bonds is 22. The van der Waals surface area contributed by atoms with Crippen LogP contribution in [0.1, 0.15) is 158 Å². The first kappa shape index (κ1) is 28.7. The van der Waals surface area contributed by atoms with Crippen molar-refractivity contribution in [3.05, 3.63) is 21.6 Å². The lowest BCUT2D eigenvalue weighted by molar-refractivity contribution is 0.0977. The van der Waals surface area contributed by atoms with Crippen molar-refractivity contribution in [3.8, 4) is 0 Å². The van der Waals surface area contributed by atoms with E-state index in [4.69, 9.17) is 0 Å². The molecular weight excluding hydrogens is 396 g/mol. The molecule has 0 aliphatic heterocycles. The molecule has 0 amide bonds. The summed E-state index contributed by atoms with van der Waals surface area (Å²) < 4.78 is 1.90. The van der Waals surface area contributed by atoms with Crippen molar-refractivity contribution in [2.24, 2.45) is 0 Å². The Balaban J connectivity index is 2.19. The number of carbonyl (C=O) groups is 1. The highest BCUT2D eigenvalue weighted by Crippen LogP contribution is 2.14. The molecule has 0 spiro atoms. The van der Waals surface area contributed by atoms with Crippen molar-refractivity contribution in [2.45, 2.75) is 156 Å². The predicted octanol–water partition coefficient (Wildman–Crippen LogP) is 8.51. The summed E-state index contributed by atoms with van der Waals surface area (Å²) in [7, 11) is 0. The highest BCUT2D eigenvalue weighted by atomic mass is 16.1. The summed E-state index contributed by atoms with van der Waals surface area (Å²) in [6, 6.07) is 0. The number of ketones is 1. The van der Waals surface area contributed by atoms with Gasteiger partial charge in [0.15, 0.2) is 5.78 Å². The van der Waals surface area contributed by atoms with Crippen LogP contribution in [0.15, 0.2) is 4.79 Å². The van der Waals surface area contributed by atoms with Gasteiger partial charge in [-0.15, -0.1) is 0 Å². The third-order valence-electron chi connectivity index (χ3n) is 6.75. The van der Waals surface area contributed by atoms with Gasteiger partial charge in [-0.05, 0) is 19.8 Å². The maximum absolute atomic E-state index is 12.6. The van der Waals surface area contributed by atoms with E-state index in [1.165, 1.54) is 103 Å². The van der Waals surface area contributed by atoms with E-state index >= 15 is 0 Å². The molecule has 0 radical (unpaired) electrons. The molecule has 0 saturated carbocycles. The topological polar surface area (TPSA) is 54.9 Å². The molecule has 0 unspecified atom stereocenters. The zero-order chi connectivity index (χ0) is 23.4. The SMILES string of the molecule is CCCCCCCCCCCCn1[nH]c(=O)c(C(=O)CCCCCCCCCCC)c1C. The lowest BCUT2D eigenvalue weighted by Crippen LogP contribution is -2.13. The van der Waals surface area contributed by atoms with E-state index < -0.39 is 0 Å². The van der Waals surface area contributed by atoms with Crippen LogP contribution in [0.4, 0.5) is 0 Å². The first-order chi connectivity index (χ1) is 15.6. The number of unbranched alkanes of at least 4 members (excludes halogenated alkanes) is 17. The van der Waals surface area contributed by atoms with E-state index in [0.717, 1.165) is 31.5 Å². The molecule has 186 valence electrons. The van der Waals surface area contributed by atoms with Gasteiger partial charge in [0.1, 0.15) is 5.56 Å². The van der Waals surface area contributed by atoms with Crippen molar-refractivity contribution in [3.63, 3.8) is 0 Å². The minimum absolute atomic E-state index is 0.0218. The Kier molecular flexibility index (Phi) is 17.2. The van der Waals surface area contributed by atoms with Gasteiger partial charge in [0.05, 0.1) is 0 Å². The Morgan fingerprint density at radius 2 is 1.06 bits per heavy atom. The van der Waals surface area contributed by atoms with E-state index in [9.17, 15) is 9.59 Å². The van der Waals surface area contributed by atoms with Crippen molar-refractivity contribution < 1.29 is 4.79 Å². The second-order valence-electron chi connectivity index (χ2n) is 9.74. The minimum Gasteiger partial charge on any atom is -0.294 e. The molecule has 0 aromatic carbocycles. The van der Waals surface area contributed by atoms with Crippen LogP contribution in [0, 0.1) is 6.92 Å². The summed E-state index contributed by atoms with van der Waals surface area (Å²) in [5.74, 6) is 0.0218. The second-order valence-corrected chi connectivity index (χ2v) is 9.74. The van der Waals surface area contributed by atoms with E-state index in [0.29, 0.717) is 12.0 Å². The average Bonchev–Trinajstić information content (AvgIpc) is 3.06. The van der Waals surface area contributed by atoms with Crippen LogP contribution < -0.4 is 5.56 Å². The molecule has 1 aromatic rings. The largest absolute Gasteiger partial charge is 0.294 e. The minimum atomic E-state index is -0.199. The lowest BCUT2D eigenvalue weighted by Gasteiger charge is -2.06. The Morgan fingerprint density at radius 1 is 0.656 bits per heavy atom. The van der Waals surface area contributed by atoms with Gasteiger partial charge in [-0.25, -0.2) is 0 Å². The third kappa shape index (κ3) is 12.6. The quantitative estimate of drug-likeness (QED) is 0.143. The normalized spacial score (nSPS) is 11.3. The summed E-state index contributed by atoms with van der Waals surface area (Å²) >= 11 is 0. The summed E-state index contributed by atoms with van der Waals surface area (Å²) in [4.78, 5) is 25.0. The fraction of sp³-hybridized carbons (Fsp3) is 0.857. The number of Topliss-reactive ketones (excluding diaryl/α,β-unsaturated/α-hetero) is 1. The van der Waals surface area contributed by atoms with Crippen LogP contribution in [0.5, 0.6) is 0 Å². The van der Waals surface area contributed by atoms with Gasteiger partial charge in [0, 0.05) is 18.7 Å². The van der Waals surface area contributed by atoms with Crippen molar-refractivity contribution in [1.82, 2.24) is 9.78 Å². The summed E-state index contributed by atoms with van der Waals surface area (Å²) in [6.07, 6.45) is 24.6. The van der Waals surface area contributed by atoms with Crippen LogP contribution >= 0.6 is 0 Å². The number of carbonyl (C=O) groups excluding carboxylic acids is 1. The van der Waals surface area contributed by atoms with Crippen LogP contribution in [0.2, 0.25) is 0 Å².